The number of Topliss-reactive ketones (excluding diaryl/α,β-unsaturated/α-hetero) is 1. The fourth-order valence-corrected chi connectivity index (χ4v) is 2.63. The highest BCUT2D eigenvalue weighted by Crippen LogP contribution is 2.09. The van der Waals surface area contributed by atoms with Crippen LogP contribution < -0.4 is 16.4 Å². The second-order valence-electron chi connectivity index (χ2n) is 8.85. The molecule has 5 N–H and O–H groups in total. The molecule has 1 fully saturated rings. The Morgan fingerprint density at radius 1 is 1.10 bits per heavy atom. The van der Waals surface area contributed by atoms with Crippen molar-refractivity contribution in [2.24, 2.45) is 5.73 Å². The van der Waals surface area contributed by atoms with E-state index in [1.807, 2.05) is 6.07 Å². The number of aliphatic carboxylic acids is 1. The molecule has 0 radical (unpaired) electrons. The summed E-state index contributed by atoms with van der Waals surface area (Å²) < 4.78 is 0. The third-order valence-electron chi connectivity index (χ3n) is 4.96. The molecule has 2 rings (SSSR count). The molecule has 1 aromatic carbocycles. The fraction of sp³-hybridized carbons (Fsp3) is 0.591. The van der Waals surface area contributed by atoms with E-state index in [1.54, 1.807) is 38.1 Å². The molecule has 0 spiro atoms. The van der Waals surface area contributed by atoms with Crippen LogP contribution in [0.25, 0.3) is 0 Å². The molecular formula is C22H36N4O4. The number of benzene rings is 1. The summed E-state index contributed by atoms with van der Waals surface area (Å²) in [5.74, 6) is -1.14. The van der Waals surface area contributed by atoms with Crippen LogP contribution in [0.1, 0.15) is 50.9 Å². The number of nitrogens with one attached hydrogen (secondary N) is 2. The normalized spacial score (nSPS) is 15.7. The highest BCUT2D eigenvalue weighted by atomic mass is 16.4. The van der Waals surface area contributed by atoms with Crippen molar-refractivity contribution in [2.45, 2.75) is 57.7 Å². The monoisotopic (exact) mass is 420 g/mol. The molecular weight excluding hydrogens is 384 g/mol. The van der Waals surface area contributed by atoms with Crippen molar-refractivity contribution >= 4 is 17.7 Å². The maximum absolute atomic E-state index is 11.7. The standard InChI is InChI=1S/C12H15NO3.C10H21N3O/c1-12(2,11(15)16)13-8-10(14)9-6-4-3-5-7-9;1-10(2,11)9(14)12-8-4-6-13(3)7-5-8/h3-7,13H,8H2,1-2H3,(H,15,16);8H,4-7,11H2,1-3H3,(H,12,14). The molecule has 1 heterocycles. The lowest BCUT2D eigenvalue weighted by molar-refractivity contribution is -0.143. The van der Waals surface area contributed by atoms with Gasteiger partial charge in [-0.15, -0.1) is 0 Å². The number of ketones is 1. The Labute approximate surface area is 179 Å². The van der Waals surface area contributed by atoms with Gasteiger partial charge in [0, 0.05) is 11.6 Å². The number of hydrogen-bond donors (Lipinski definition) is 4. The van der Waals surface area contributed by atoms with Crippen LogP contribution in [-0.2, 0) is 9.59 Å². The zero-order valence-corrected chi connectivity index (χ0v) is 18.7. The second kappa shape index (κ2) is 11.2. The average Bonchev–Trinajstić information content (AvgIpc) is 2.68. The number of rotatable bonds is 7. The molecule has 1 aliphatic heterocycles. The second-order valence-corrected chi connectivity index (χ2v) is 8.85. The molecule has 0 saturated carbocycles. The number of nitrogens with zero attached hydrogens (tertiary/aromatic N) is 1. The van der Waals surface area contributed by atoms with Crippen LogP contribution in [0.2, 0.25) is 0 Å². The number of likely N-dealkylation sites (tertiary alicyclic amines) is 1. The number of amides is 1. The van der Waals surface area contributed by atoms with Gasteiger partial charge in [0.1, 0.15) is 5.54 Å². The molecule has 8 heteroatoms. The largest absolute Gasteiger partial charge is 0.480 e. The molecule has 1 amide bonds. The quantitative estimate of drug-likeness (QED) is 0.489. The first-order valence-corrected chi connectivity index (χ1v) is 10.2. The van der Waals surface area contributed by atoms with E-state index in [0.29, 0.717) is 11.6 Å². The Hall–Kier alpha value is -2.29. The number of carboxylic acid groups (broad SMARTS) is 1. The van der Waals surface area contributed by atoms with Crippen LogP contribution in [0, 0.1) is 0 Å². The zero-order valence-electron chi connectivity index (χ0n) is 18.7. The van der Waals surface area contributed by atoms with E-state index in [0.717, 1.165) is 25.9 Å². The topological polar surface area (TPSA) is 125 Å². The number of piperidine rings is 1. The van der Waals surface area contributed by atoms with E-state index in [-0.39, 0.29) is 18.2 Å². The number of hydrogen-bond acceptors (Lipinski definition) is 6. The van der Waals surface area contributed by atoms with E-state index in [2.05, 4.69) is 22.6 Å². The smallest absolute Gasteiger partial charge is 0.323 e. The SMILES string of the molecule is CC(C)(NCC(=O)c1ccccc1)C(=O)O.CN1CCC(NC(=O)C(C)(C)N)CC1. The van der Waals surface area contributed by atoms with Gasteiger partial charge in [-0.2, -0.15) is 0 Å². The molecule has 0 unspecified atom stereocenters. The van der Waals surface area contributed by atoms with Gasteiger partial charge in [-0.3, -0.25) is 19.7 Å². The van der Waals surface area contributed by atoms with Crippen LogP contribution in [-0.4, -0.2) is 71.5 Å². The lowest BCUT2D eigenvalue weighted by atomic mass is 10.0. The number of carbonyl (C=O) groups is 3. The number of carboxylic acids is 1. The first-order chi connectivity index (χ1) is 13.8. The van der Waals surface area contributed by atoms with Crippen molar-refractivity contribution in [1.82, 2.24) is 15.5 Å². The average molecular weight is 421 g/mol. The highest BCUT2D eigenvalue weighted by Gasteiger charge is 2.27. The van der Waals surface area contributed by atoms with Gasteiger partial charge in [0.2, 0.25) is 5.91 Å². The van der Waals surface area contributed by atoms with Crippen LogP contribution in [0.4, 0.5) is 0 Å². The Balaban J connectivity index is 0.000000303. The van der Waals surface area contributed by atoms with E-state index in [9.17, 15) is 14.4 Å². The summed E-state index contributed by atoms with van der Waals surface area (Å²) in [6, 6.07) is 9.09. The fourth-order valence-electron chi connectivity index (χ4n) is 2.63. The van der Waals surface area contributed by atoms with E-state index >= 15 is 0 Å². The summed E-state index contributed by atoms with van der Waals surface area (Å²) in [4.78, 5) is 36.3. The van der Waals surface area contributed by atoms with Gasteiger partial charge < -0.3 is 21.1 Å². The molecule has 0 atom stereocenters. The minimum absolute atomic E-state index is 0.0172. The predicted molar refractivity (Wildman–Crippen MR) is 117 cm³/mol. The van der Waals surface area contributed by atoms with Gasteiger partial charge in [0.25, 0.3) is 0 Å². The summed E-state index contributed by atoms with van der Waals surface area (Å²) >= 11 is 0. The molecule has 0 bridgehead atoms. The maximum atomic E-state index is 11.7. The predicted octanol–water partition coefficient (Wildman–Crippen LogP) is 1.26. The lowest BCUT2D eigenvalue weighted by Gasteiger charge is -2.31. The van der Waals surface area contributed by atoms with Gasteiger partial charge in [-0.25, -0.2) is 0 Å². The third kappa shape index (κ3) is 9.02. The van der Waals surface area contributed by atoms with Gasteiger partial charge in [-0.1, -0.05) is 30.3 Å². The number of carbonyl (C=O) groups excluding carboxylic acids is 2. The molecule has 0 aliphatic carbocycles. The van der Waals surface area contributed by atoms with E-state index in [4.69, 9.17) is 10.8 Å². The van der Waals surface area contributed by atoms with Crippen molar-refractivity contribution < 1.29 is 19.5 Å². The van der Waals surface area contributed by atoms with Gasteiger partial charge in [0.05, 0.1) is 12.1 Å². The first kappa shape index (κ1) is 25.7. The van der Waals surface area contributed by atoms with E-state index < -0.39 is 17.0 Å². The van der Waals surface area contributed by atoms with Gasteiger partial charge in [0.15, 0.2) is 5.78 Å². The van der Waals surface area contributed by atoms with Gasteiger partial charge in [-0.05, 0) is 60.7 Å². The molecule has 1 aromatic rings. The highest BCUT2D eigenvalue weighted by molar-refractivity contribution is 5.98. The molecule has 1 aliphatic rings. The van der Waals surface area contributed by atoms with Crippen LogP contribution in [0.15, 0.2) is 30.3 Å². The Kier molecular flexibility index (Phi) is 9.61. The summed E-state index contributed by atoms with van der Waals surface area (Å²) in [7, 11) is 2.10. The minimum Gasteiger partial charge on any atom is -0.480 e. The molecule has 0 aromatic heterocycles. The van der Waals surface area contributed by atoms with Crippen LogP contribution >= 0.6 is 0 Å². The Morgan fingerprint density at radius 2 is 1.63 bits per heavy atom. The third-order valence-corrected chi connectivity index (χ3v) is 4.96. The van der Waals surface area contributed by atoms with Crippen LogP contribution in [0.5, 0.6) is 0 Å². The molecule has 168 valence electrons. The minimum atomic E-state index is -1.09. The van der Waals surface area contributed by atoms with Crippen molar-refractivity contribution in [1.29, 1.82) is 0 Å². The maximum Gasteiger partial charge on any atom is 0.323 e. The van der Waals surface area contributed by atoms with Crippen LogP contribution in [0.3, 0.4) is 0 Å². The first-order valence-electron chi connectivity index (χ1n) is 10.2. The van der Waals surface area contributed by atoms with Crippen molar-refractivity contribution in [3.8, 4) is 0 Å². The van der Waals surface area contributed by atoms with Crippen molar-refractivity contribution in [3.63, 3.8) is 0 Å². The summed E-state index contributed by atoms with van der Waals surface area (Å²) in [5, 5.41) is 14.5. The summed E-state index contributed by atoms with van der Waals surface area (Å²) in [6.07, 6.45) is 2.05. The zero-order chi connectivity index (χ0) is 22.9. The van der Waals surface area contributed by atoms with Crippen molar-refractivity contribution in [2.75, 3.05) is 26.7 Å². The molecule has 1 saturated heterocycles. The Morgan fingerprint density at radius 3 is 2.10 bits per heavy atom. The van der Waals surface area contributed by atoms with Gasteiger partial charge >= 0.3 is 5.97 Å². The Bertz CT molecular complexity index is 706. The van der Waals surface area contributed by atoms with E-state index in [1.165, 1.54) is 13.8 Å². The summed E-state index contributed by atoms with van der Waals surface area (Å²) in [6.45, 7) is 8.63. The summed E-state index contributed by atoms with van der Waals surface area (Å²) in [5.41, 5.74) is 4.43. The molecule has 30 heavy (non-hydrogen) atoms. The lowest BCUT2D eigenvalue weighted by Crippen LogP contribution is -2.54. The molecule has 8 nitrogen and oxygen atoms in total. The number of nitrogens with two attached hydrogens (primary N) is 1. The van der Waals surface area contributed by atoms with Crippen molar-refractivity contribution in [3.05, 3.63) is 35.9 Å².